The molecule has 0 spiro atoms. The minimum atomic E-state index is -4.10. The van der Waals surface area contributed by atoms with Gasteiger partial charge < -0.3 is 5.32 Å². The second-order valence-corrected chi connectivity index (χ2v) is 2.22. The van der Waals surface area contributed by atoms with Gasteiger partial charge in [0.05, 0.1) is 0 Å². The van der Waals surface area contributed by atoms with Gasteiger partial charge in [0.2, 0.25) is 0 Å². The van der Waals surface area contributed by atoms with Crippen molar-refractivity contribution in [2.75, 3.05) is 6.54 Å². The van der Waals surface area contributed by atoms with E-state index in [4.69, 9.17) is 0 Å². The quantitative estimate of drug-likeness (QED) is 0.656. The van der Waals surface area contributed by atoms with E-state index in [0.29, 0.717) is 6.54 Å². The van der Waals surface area contributed by atoms with Crippen LogP contribution >= 0.6 is 0 Å². The molecule has 0 aromatic carbocycles. The fourth-order valence-electron chi connectivity index (χ4n) is 0.477. The van der Waals surface area contributed by atoms with Crippen molar-refractivity contribution >= 4 is 0 Å². The summed E-state index contributed by atoms with van der Waals surface area (Å²) in [6, 6.07) is -1.38. The number of hydrogen-bond acceptors (Lipinski definition) is 1. The van der Waals surface area contributed by atoms with Crippen molar-refractivity contribution in [3.05, 3.63) is 0 Å². The lowest BCUT2D eigenvalue weighted by atomic mass is 10.3. The molecule has 0 aromatic heterocycles. The molecule has 0 bridgehead atoms. The van der Waals surface area contributed by atoms with Crippen LogP contribution in [0.4, 0.5) is 13.2 Å². The van der Waals surface area contributed by atoms with Gasteiger partial charge in [-0.1, -0.05) is 6.92 Å². The van der Waals surface area contributed by atoms with Crippen molar-refractivity contribution < 1.29 is 13.2 Å². The zero-order chi connectivity index (χ0) is 8.20. The topological polar surface area (TPSA) is 12.0 Å². The predicted molar refractivity (Wildman–Crippen MR) is 33.8 cm³/mol. The van der Waals surface area contributed by atoms with Crippen LogP contribution in [0, 0.1) is 0 Å². The zero-order valence-electron chi connectivity index (χ0n) is 6.13. The van der Waals surface area contributed by atoms with Gasteiger partial charge in [0.25, 0.3) is 0 Å². The van der Waals surface area contributed by atoms with E-state index in [1.54, 1.807) is 0 Å². The van der Waals surface area contributed by atoms with Crippen LogP contribution in [-0.4, -0.2) is 18.8 Å². The molecule has 0 saturated heterocycles. The van der Waals surface area contributed by atoms with Gasteiger partial charge in [0.15, 0.2) is 0 Å². The number of alkyl halides is 3. The maximum atomic E-state index is 11.7. The van der Waals surface area contributed by atoms with E-state index < -0.39 is 12.2 Å². The third-order valence-electron chi connectivity index (χ3n) is 1.19. The Morgan fingerprint density at radius 1 is 1.40 bits per heavy atom. The molecule has 62 valence electrons. The molecule has 1 N–H and O–H groups in total. The van der Waals surface area contributed by atoms with Crippen molar-refractivity contribution in [3.63, 3.8) is 0 Å². The van der Waals surface area contributed by atoms with Crippen LogP contribution in [-0.2, 0) is 0 Å². The second-order valence-electron chi connectivity index (χ2n) is 2.22. The molecular weight excluding hydrogens is 143 g/mol. The van der Waals surface area contributed by atoms with Gasteiger partial charge in [0.1, 0.15) is 6.04 Å². The standard InChI is InChI=1S/C6H12F3N/c1-3-4-10-5(2)6(7,8)9/h5,10H,3-4H2,1-2H3/t5-/m1/s1. The summed E-state index contributed by atoms with van der Waals surface area (Å²) in [7, 11) is 0. The smallest absolute Gasteiger partial charge is 0.306 e. The van der Waals surface area contributed by atoms with E-state index in [-0.39, 0.29) is 0 Å². The van der Waals surface area contributed by atoms with E-state index >= 15 is 0 Å². The Labute approximate surface area is 58.6 Å². The van der Waals surface area contributed by atoms with Crippen LogP contribution in [0.5, 0.6) is 0 Å². The molecule has 0 rings (SSSR count). The van der Waals surface area contributed by atoms with Crippen LogP contribution in [0.2, 0.25) is 0 Å². The monoisotopic (exact) mass is 155 g/mol. The molecule has 0 aliphatic rings. The van der Waals surface area contributed by atoms with Crippen molar-refractivity contribution in [1.29, 1.82) is 0 Å². The Bertz CT molecular complexity index is 89.5. The first-order valence-corrected chi connectivity index (χ1v) is 3.28. The lowest BCUT2D eigenvalue weighted by Crippen LogP contribution is -2.39. The van der Waals surface area contributed by atoms with Gasteiger partial charge in [0, 0.05) is 0 Å². The molecule has 0 amide bonds. The normalized spacial score (nSPS) is 15.3. The van der Waals surface area contributed by atoms with Crippen molar-refractivity contribution in [2.24, 2.45) is 0 Å². The third-order valence-corrected chi connectivity index (χ3v) is 1.19. The van der Waals surface area contributed by atoms with Crippen molar-refractivity contribution in [2.45, 2.75) is 32.5 Å². The highest BCUT2D eigenvalue weighted by Gasteiger charge is 2.34. The largest absolute Gasteiger partial charge is 0.403 e. The summed E-state index contributed by atoms with van der Waals surface area (Å²) in [6.45, 7) is 3.37. The summed E-state index contributed by atoms with van der Waals surface area (Å²) in [5, 5.41) is 2.35. The molecule has 4 heteroatoms. The maximum Gasteiger partial charge on any atom is 0.403 e. The Balaban J connectivity index is 3.52. The highest BCUT2D eigenvalue weighted by Crippen LogP contribution is 2.19. The predicted octanol–water partition coefficient (Wildman–Crippen LogP) is 1.94. The Morgan fingerprint density at radius 3 is 2.20 bits per heavy atom. The minimum absolute atomic E-state index is 0.417. The molecule has 1 atom stereocenters. The van der Waals surface area contributed by atoms with Crippen LogP contribution in [0.15, 0.2) is 0 Å². The molecule has 0 fully saturated rings. The Kier molecular flexibility index (Phi) is 3.71. The summed E-state index contributed by atoms with van der Waals surface area (Å²) in [5.74, 6) is 0. The van der Waals surface area contributed by atoms with E-state index in [2.05, 4.69) is 5.32 Å². The summed E-state index contributed by atoms with van der Waals surface area (Å²) in [4.78, 5) is 0. The summed E-state index contributed by atoms with van der Waals surface area (Å²) in [5.41, 5.74) is 0. The van der Waals surface area contributed by atoms with Crippen LogP contribution in [0.1, 0.15) is 20.3 Å². The first kappa shape index (κ1) is 9.75. The van der Waals surface area contributed by atoms with Crippen LogP contribution in [0.3, 0.4) is 0 Å². The molecule has 0 unspecified atom stereocenters. The first-order chi connectivity index (χ1) is 4.48. The Morgan fingerprint density at radius 2 is 1.90 bits per heavy atom. The molecule has 10 heavy (non-hydrogen) atoms. The molecule has 1 nitrogen and oxygen atoms in total. The second kappa shape index (κ2) is 3.81. The third kappa shape index (κ3) is 3.71. The van der Waals surface area contributed by atoms with Crippen LogP contribution in [0.25, 0.3) is 0 Å². The average molecular weight is 155 g/mol. The summed E-state index contributed by atoms with van der Waals surface area (Å²) in [6.07, 6.45) is -3.38. The van der Waals surface area contributed by atoms with E-state index in [1.165, 1.54) is 0 Å². The number of nitrogens with one attached hydrogen (secondary N) is 1. The highest BCUT2D eigenvalue weighted by atomic mass is 19.4. The fourth-order valence-corrected chi connectivity index (χ4v) is 0.477. The molecule has 0 radical (unpaired) electrons. The highest BCUT2D eigenvalue weighted by molar-refractivity contribution is 4.68. The van der Waals surface area contributed by atoms with Gasteiger partial charge in [-0.2, -0.15) is 13.2 Å². The fraction of sp³-hybridized carbons (Fsp3) is 1.00. The van der Waals surface area contributed by atoms with Crippen molar-refractivity contribution in [1.82, 2.24) is 5.32 Å². The van der Waals surface area contributed by atoms with Crippen molar-refractivity contribution in [3.8, 4) is 0 Å². The summed E-state index contributed by atoms with van der Waals surface area (Å²) < 4.78 is 35.1. The molecule has 0 heterocycles. The van der Waals surface area contributed by atoms with Gasteiger partial charge >= 0.3 is 6.18 Å². The van der Waals surface area contributed by atoms with Gasteiger partial charge in [-0.15, -0.1) is 0 Å². The van der Waals surface area contributed by atoms with E-state index in [9.17, 15) is 13.2 Å². The first-order valence-electron chi connectivity index (χ1n) is 3.28. The van der Waals surface area contributed by atoms with E-state index in [0.717, 1.165) is 13.3 Å². The average Bonchev–Trinajstić information content (AvgIpc) is 1.80. The molecular formula is C6H12F3N. The lowest BCUT2D eigenvalue weighted by molar-refractivity contribution is -0.151. The lowest BCUT2D eigenvalue weighted by Gasteiger charge is -2.16. The Hall–Kier alpha value is -0.250. The van der Waals surface area contributed by atoms with Crippen LogP contribution < -0.4 is 5.32 Å². The number of halogens is 3. The molecule has 0 aliphatic heterocycles. The minimum Gasteiger partial charge on any atom is -0.306 e. The summed E-state index contributed by atoms with van der Waals surface area (Å²) >= 11 is 0. The van der Waals surface area contributed by atoms with Gasteiger partial charge in [-0.25, -0.2) is 0 Å². The van der Waals surface area contributed by atoms with Gasteiger partial charge in [-0.05, 0) is 19.9 Å². The van der Waals surface area contributed by atoms with E-state index in [1.807, 2.05) is 6.92 Å². The number of hydrogen-bond donors (Lipinski definition) is 1. The molecule has 0 aliphatic carbocycles. The zero-order valence-corrected chi connectivity index (χ0v) is 6.13. The SMILES string of the molecule is CCCN[C@H](C)C(F)(F)F. The molecule has 0 aromatic rings. The van der Waals surface area contributed by atoms with Gasteiger partial charge in [-0.3, -0.25) is 0 Å². The molecule has 0 saturated carbocycles. The maximum absolute atomic E-state index is 11.7. The number of rotatable bonds is 3.